The summed E-state index contributed by atoms with van der Waals surface area (Å²) in [6.45, 7) is 3.57. The summed E-state index contributed by atoms with van der Waals surface area (Å²) in [5.74, 6) is 1.60. The Morgan fingerprint density at radius 2 is 2.03 bits per heavy atom. The number of thiazole rings is 1. The molecule has 0 atom stereocenters. The topological polar surface area (TPSA) is 104 Å². The minimum absolute atomic E-state index is 0.0101. The fourth-order valence-corrected chi connectivity index (χ4v) is 4.90. The van der Waals surface area contributed by atoms with Crippen LogP contribution in [0.25, 0.3) is 17.5 Å². The maximum Gasteiger partial charge on any atom is 0.360 e. The smallest absolute Gasteiger partial charge is 0.360 e. The zero-order valence-corrected chi connectivity index (χ0v) is 19.4. The Bertz CT molecular complexity index is 1230. The van der Waals surface area contributed by atoms with Crippen LogP contribution in [0.2, 0.25) is 0 Å². The quantitative estimate of drug-likeness (QED) is 0.383. The molecule has 2 aromatic heterocycles. The van der Waals surface area contributed by atoms with Crippen molar-refractivity contribution >= 4 is 29.3 Å². The summed E-state index contributed by atoms with van der Waals surface area (Å²) in [4.78, 5) is 31.0. The fourth-order valence-electron chi connectivity index (χ4n) is 3.92. The molecule has 1 aromatic carbocycles. The highest BCUT2D eigenvalue weighted by atomic mass is 32.1. The van der Waals surface area contributed by atoms with Crippen LogP contribution in [0.4, 0.5) is 0 Å². The van der Waals surface area contributed by atoms with Crippen LogP contribution in [0, 0.1) is 0 Å². The van der Waals surface area contributed by atoms with Gasteiger partial charge in [0.2, 0.25) is 12.7 Å². The number of nitrogens with zero attached hydrogens (tertiary/aromatic N) is 3. The summed E-state index contributed by atoms with van der Waals surface area (Å²) in [5, 5.41) is 6.66. The number of carbonyl (C=O) groups is 2. The molecule has 2 aliphatic rings. The van der Waals surface area contributed by atoms with Gasteiger partial charge in [0.1, 0.15) is 5.69 Å². The number of esters is 1. The second-order valence-corrected chi connectivity index (χ2v) is 8.80. The van der Waals surface area contributed by atoms with E-state index in [9.17, 15) is 9.59 Å². The van der Waals surface area contributed by atoms with Gasteiger partial charge in [0.25, 0.3) is 0 Å². The Hall–Kier alpha value is -3.66. The number of ether oxygens (including phenoxy) is 3. The maximum atomic E-state index is 12.7. The zero-order chi connectivity index (χ0) is 23.5. The van der Waals surface area contributed by atoms with Gasteiger partial charge in [0.05, 0.1) is 11.6 Å². The molecule has 0 bridgehead atoms. The molecule has 0 aliphatic carbocycles. The molecule has 10 heteroatoms. The molecule has 4 heterocycles. The van der Waals surface area contributed by atoms with Gasteiger partial charge in [-0.1, -0.05) is 11.2 Å². The lowest BCUT2D eigenvalue weighted by atomic mass is 9.97. The Morgan fingerprint density at radius 1 is 1.21 bits per heavy atom. The number of hydrogen-bond acceptors (Lipinski definition) is 9. The van der Waals surface area contributed by atoms with E-state index < -0.39 is 5.97 Å². The Kier molecular flexibility index (Phi) is 6.31. The molecule has 0 N–H and O–H groups in total. The largest absolute Gasteiger partial charge is 0.461 e. The van der Waals surface area contributed by atoms with Crippen LogP contribution in [0.15, 0.2) is 40.2 Å². The molecule has 9 nitrogen and oxygen atoms in total. The summed E-state index contributed by atoms with van der Waals surface area (Å²) in [5.41, 5.74) is 1.67. The van der Waals surface area contributed by atoms with E-state index in [0.29, 0.717) is 30.3 Å². The number of rotatable bonds is 6. The fraction of sp³-hybridized carbons (Fsp3) is 0.333. The zero-order valence-electron chi connectivity index (χ0n) is 18.6. The minimum atomic E-state index is -0.516. The van der Waals surface area contributed by atoms with Crippen molar-refractivity contribution in [1.29, 1.82) is 0 Å². The third-order valence-electron chi connectivity index (χ3n) is 5.74. The van der Waals surface area contributed by atoms with Gasteiger partial charge in [-0.25, -0.2) is 9.78 Å². The average molecular weight is 482 g/mol. The van der Waals surface area contributed by atoms with Gasteiger partial charge < -0.3 is 23.6 Å². The molecule has 3 aromatic rings. The number of carbonyl (C=O) groups excluding carboxylic acids is 2. The normalized spacial score (nSPS) is 15.7. The van der Waals surface area contributed by atoms with Crippen molar-refractivity contribution in [2.24, 2.45) is 0 Å². The number of aromatic nitrogens is 2. The Balaban J connectivity index is 1.16. The molecule has 0 spiro atoms. The third-order valence-corrected chi connectivity index (χ3v) is 6.75. The molecule has 5 rings (SSSR count). The maximum absolute atomic E-state index is 12.7. The lowest BCUT2D eigenvalue weighted by Crippen LogP contribution is -2.36. The van der Waals surface area contributed by atoms with Crippen molar-refractivity contribution in [3.8, 4) is 23.0 Å². The van der Waals surface area contributed by atoms with Crippen LogP contribution in [0.5, 0.6) is 11.5 Å². The Morgan fingerprint density at radius 3 is 2.85 bits per heavy atom. The van der Waals surface area contributed by atoms with Gasteiger partial charge in [-0.05, 0) is 43.5 Å². The number of likely N-dealkylation sites (tertiary alicyclic amines) is 1. The summed E-state index contributed by atoms with van der Waals surface area (Å²) in [7, 11) is 0. The first-order valence-electron chi connectivity index (χ1n) is 11.1. The van der Waals surface area contributed by atoms with E-state index in [0.717, 1.165) is 29.2 Å². The predicted octanol–water partition coefficient (Wildman–Crippen LogP) is 4.12. The van der Waals surface area contributed by atoms with E-state index in [1.165, 1.54) is 0 Å². The number of hydrogen-bond donors (Lipinski definition) is 0. The molecule has 1 amide bonds. The van der Waals surface area contributed by atoms with Crippen molar-refractivity contribution in [1.82, 2.24) is 15.0 Å². The summed E-state index contributed by atoms with van der Waals surface area (Å²) in [6.07, 6.45) is 5.07. The summed E-state index contributed by atoms with van der Waals surface area (Å²) >= 11 is 1.55. The first kappa shape index (κ1) is 22.1. The van der Waals surface area contributed by atoms with Gasteiger partial charge in [0.15, 0.2) is 23.0 Å². The molecular formula is C24H23N3O6S. The van der Waals surface area contributed by atoms with Crippen molar-refractivity contribution in [2.75, 3.05) is 26.5 Å². The predicted molar refractivity (Wildman–Crippen MR) is 124 cm³/mol. The van der Waals surface area contributed by atoms with Crippen LogP contribution >= 0.6 is 11.3 Å². The monoisotopic (exact) mass is 481 g/mol. The highest BCUT2D eigenvalue weighted by Gasteiger charge is 2.26. The van der Waals surface area contributed by atoms with Crippen molar-refractivity contribution in [2.45, 2.75) is 25.7 Å². The molecule has 1 saturated heterocycles. The van der Waals surface area contributed by atoms with Crippen LogP contribution in [0.3, 0.4) is 0 Å². The van der Waals surface area contributed by atoms with Gasteiger partial charge in [-0.3, -0.25) is 4.79 Å². The van der Waals surface area contributed by atoms with Crippen LogP contribution in [-0.4, -0.2) is 53.4 Å². The number of benzene rings is 1. The van der Waals surface area contributed by atoms with Gasteiger partial charge in [0, 0.05) is 36.5 Å². The van der Waals surface area contributed by atoms with E-state index in [4.69, 9.17) is 23.7 Å². The van der Waals surface area contributed by atoms with Crippen molar-refractivity contribution < 1.29 is 28.3 Å². The standard InChI is InChI=1S/C24H23N3O6S/c1-2-30-24(29)17-12-20(33-26-17)18-13-34-23(25-18)16-7-9-27(10-8-16)22(28)6-4-15-3-5-19-21(11-15)32-14-31-19/h3-6,11-13,16H,2,7-10,14H2,1H3/b6-4+. The third kappa shape index (κ3) is 4.67. The first-order valence-corrected chi connectivity index (χ1v) is 11.9. The first-order chi connectivity index (χ1) is 16.6. The molecular weight excluding hydrogens is 458 g/mol. The van der Waals surface area contributed by atoms with Gasteiger partial charge in [-0.15, -0.1) is 11.3 Å². The second-order valence-electron chi connectivity index (χ2n) is 7.91. The van der Waals surface area contributed by atoms with Crippen molar-refractivity contribution in [3.63, 3.8) is 0 Å². The lowest BCUT2D eigenvalue weighted by Gasteiger charge is -2.30. The summed E-state index contributed by atoms with van der Waals surface area (Å²) < 4.78 is 20.9. The van der Waals surface area contributed by atoms with E-state index in [1.54, 1.807) is 36.5 Å². The molecule has 2 aliphatic heterocycles. The molecule has 0 radical (unpaired) electrons. The van der Waals surface area contributed by atoms with Crippen LogP contribution < -0.4 is 9.47 Å². The average Bonchev–Trinajstić information content (AvgIpc) is 3.62. The molecule has 0 unspecified atom stereocenters. The van der Waals surface area contributed by atoms with E-state index in [1.807, 2.05) is 28.5 Å². The highest BCUT2D eigenvalue weighted by molar-refractivity contribution is 7.10. The molecule has 176 valence electrons. The minimum Gasteiger partial charge on any atom is -0.461 e. The van der Waals surface area contributed by atoms with Gasteiger partial charge in [-0.2, -0.15) is 0 Å². The molecule has 34 heavy (non-hydrogen) atoms. The lowest BCUT2D eigenvalue weighted by molar-refractivity contribution is -0.126. The van der Waals surface area contributed by atoms with E-state index in [2.05, 4.69) is 5.16 Å². The second kappa shape index (κ2) is 9.68. The highest BCUT2D eigenvalue weighted by Crippen LogP contribution is 2.34. The number of piperidine rings is 1. The summed E-state index contributed by atoms with van der Waals surface area (Å²) in [6, 6.07) is 7.15. The Labute approximate surface area is 199 Å². The van der Waals surface area contributed by atoms with Gasteiger partial charge >= 0.3 is 5.97 Å². The molecule has 0 saturated carbocycles. The molecule has 1 fully saturated rings. The number of amides is 1. The van der Waals surface area contributed by atoms with E-state index in [-0.39, 0.29) is 30.9 Å². The SMILES string of the molecule is CCOC(=O)c1cc(-c2csc(C3CCN(C(=O)/C=C/c4ccc5c(c4)OCO5)CC3)n2)on1. The number of fused-ring (bicyclic) bond motifs is 1. The van der Waals surface area contributed by atoms with Crippen molar-refractivity contribution in [3.05, 3.63) is 52.0 Å². The van der Waals surface area contributed by atoms with Crippen LogP contribution in [0.1, 0.15) is 46.7 Å². The van der Waals surface area contributed by atoms with Crippen LogP contribution in [-0.2, 0) is 9.53 Å². The van der Waals surface area contributed by atoms with E-state index >= 15 is 0 Å².